The molecule has 1 aromatic rings. The maximum absolute atomic E-state index is 13.8. The molecule has 1 N–H and O–H groups in total. The molecular formula is C18H26F4O3S. The van der Waals surface area contributed by atoms with Gasteiger partial charge in [-0.05, 0) is 6.42 Å². The molecule has 0 aliphatic carbocycles. The molecule has 0 atom stereocenters. The lowest BCUT2D eigenvalue weighted by molar-refractivity contribution is -0.116. The van der Waals surface area contributed by atoms with Gasteiger partial charge in [0.25, 0.3) is 0 Å². The summed E-state index contributed by atoms with van der Waals surface area (Å²) in [6.07, 6.45) is 10.8. The molecule has 1 rings (SSSR count). The molecule has 0 unspecified atom stereocenters. The molecule has 0 amide bonds. The average Bonchev–Trinajstić information content (AvgIpc) is 2.64. The molecule has 150 valence electrons. The molecule has 0 bridgehead atoms. The molecule has 8 heteroatoms. The standard InChI is InChI=1S/C18H26F4O3S/c1-2-3-4-5-6-7-8-9-10-11-12-24-17-13(19)15(21)18(26-25-23)16(22)14(17)20/h23H,2-12H2,1H3. The van der Waals surface area contributed by atoms with Gasteiger partial charge in [0.2, 0.25) is 11.6 Å². The summed E-state index contributed by atoms with van der Waals surface area (Å²) in [6, 6.07) is 0. The normalized spacial score (nSPS) is 11.2. The predicted molar refractivity (Wildman–Crippen MR) is 93.2 cm³/mol. The second-order valence-electron chi connectivity index (χ2n) is 6.10. The fourth-order valence-corrected chi connectivity index (χ4v) is 2.99. The topological polar surface area (TPSA) is 38.7 Å². The molecule has 0 saturated carbocycles. The Kier molecular flexibility index (Phi) is 11.7. The minimum atomic E-state index is -1.67. The second kappa shape index (κ2) is 13.2. The highest BCUT2D eigenvalue weighted by Crippen LogP contribution is 2.35. The maximum Gasteiger partial charge on any atom is 0.205 e. The number of rotatable bonds is 14. The Bertz CT molecular complexity index is 515. The number of halogens is 4. The molecule has 0 fully saturated rings. The maximum atomic E-state index is 13.8. The summed E-state index contributed by atoms with van der Waals surface area (Å²) < 4.78 is 63.2. The number of benzene rings is 1. The molecule has 0 spiro atoms. The largest absolute Gasteiger partial charge is 0.487 e. The molecule has 0 saturated heterocycles. The van der Waals surface area contributed by atoms with Crippen molar-refractivity contribution in [1.29, 1.82) is 0 Å². The van der Waals surface area contributed by atoms with Crippen LogP contribution in [0.3, 0.4) is 0 Å². The molecule has 0 aliphatic rings. The Morgan fingerprint density at radius 1 is 0.731 bits per heavy atom. The van der Waals surface area contributed by atoms with E-state index in [0.29, 0.717) is 6.42 Å². The lowest BCUT2D eigenvalue weighted by Crippen LogP contribution is -2.07. The van der Waals surface area contributed by atoms with Gasteiger partial charge in [0.05, 0.1) is 18.6 Å². The number of hydrogen-bond acceptors (Lipinski definition) is 4. The van der Waals surface area contributed by atoms with E-state index < -0.39 is 33.9 Å². The van der Waals surface area contributed by atoms with E-state index in [2.05, 4.69) is 11.3 Å². The summed E-state index contributed by atoms with van der Waals surface area (Å²) in [5.41, 5.74) is 0. The van der Waals surface area contributed by atoms with E-state index in [9.17, 15) is 17.6 Å². The van der Waals surface area contributed by atoms with Crippen molar-refractivity contribution in [3.63, 3.8) is 0 Å². The van der Waals surface area contributed by atoms with Crippen LogP contribution in [0.2, 0.25) is 0 Å². The van der Waals surface area contributed by atoms with Gasteiger partial charge in [-0.1, -0.05) is 64.7 Å². The molecule has 0 radical (unpaired) electrons. The van der Waals surface area contributed by atoms with Gasteiger partial charge in [-0.25, -0.2) is 14.0 Å². The third-order valence-electron chi connectivity index (χ3n) is 4.05. The van der Waals surface area contributed by atoms with Crippen LogP contribution in [-0.2, 0) is 4.33 Å². The van der Waals surface area contributed by atoms with E-state index in [4.69, 9.17) is 9.99 Å². The second-order valence-corrected chi connectivity index (χ2v) is 6.83. The van der Waals surface area contributed by atoms with Crippen molar-refractivity contribution in [2.24, 2.45) is 0 Å². The zero-order valence-corrected chi connectivity index (χ0v) is 15.8. The molecule has 26 heavy (non-hydrogen) atoms. The Morgan fingerprint density at radius 2 is 1.19 bits per heavy atom. The van der Waals surface area contributed by atoms with Gasteiger partial charge in [-0.2, -0.15) is 13.1 Å². The average molecular weight is 398 g/mol. The van der Waals surface area contributed by atoms with Crippen LogP contribution in [0.4, 0.5) is 17.6 Å². The predicted octanol–water partition coefficient (Wildman–Crippen LogP) is 7.04. The van der Waals surface area contributed by atoms with Gasteiger partial charge in [-0.15, -0.1) is 0 Å². The van der Waals surface area contributed by atoms with Crippen LogP contribution in [0.15, 0.2) is 4.90 Å². The Labute approximate surface area is 156 Å². The highest BCUT2D eigenvalue weighted by Gasteiger charge is 2.27. The minimum absolute atomic E-state index is 0.0355. The molecule has 0 heterocycles. The van der Waals surface area contributed by atoms with Gasteiger partial charge in [0.15, 0.2) is 17.4 Å². The van der Waals surface area contributed by atoms with Crippen LogP contribution in [0, 0.1) is 23.3 Å². The first kappa shape index (κ1) is 23.0. The van der Waals surface area contributed by atoms with Gasteiger partial charge in [-0.3, -0.25) is 0 Å². The van der Waals surface area contributed by atoms with E-state index in [1.54, 1.807) is 0 Å². The van der Waals surface area contributed by atoms with E-state index >= 15 is 0 Å². The van der Waals surface area contributed by atoms with Crippen molar-refractivity contribution in [2.45, 2.75) is 76.0 Å². The van der Waals surface area contributed by atoms with Crippen molar-refractivity contribution in [3.8, 4) is 5.75 Å². The zero-order chi connectivity index (χ0) is 19.4. The SMILES string of the molecule is CCCCCCCCCCCCOc1c(F)c(F)c(SOO)c(F)c1F. The Balaban J connectivity index is 2.31. The van der Waals surface area contributed by atoms with Gasteiger partial charge in [0.1, 0.15) is 4.90 Å². The minimum Gasteiger partial charge on any atom is -0.487 e. The fraction of sp³-hybridized carbons (Fsp3) is 0.667. The van der Waals surface area contributed by atoms with Crippen LogP contribution >= 0.6 is 12.0 Å². The molecular weight excluding hydrogens is 372 g/mol. The summed E-state index contributed by atoms with van der Waals surface area (Å²) in [4.78, 5) is -1.10. The van der Waals surface area contributed by atoms with E-state index in [-0.39, 0.29) is 18.6 Å². The van der Waals surface area contributed by atoms with Gasteiger partial charge >= 0.3 is 0 Å². The quantitative estimate of drug-likeness (QED) is 0.0911. The van der Waals surface area contributed by atoms with E-state index in [1.165, 1.54) is 32.1 Å². The lowest BCUT2D eigenvalue weighted by Gasteiger charge is -2.11. The zero-order valence-electron chi connectivity index (χ0n) is 15.0. The third kappa shape index (κ3) is 7.32. The number of ether oxygens (including phenoxy) is 1. The van der Waals surface area contributed by atoms with Gasteiger partial charge < -0.3 is 4.74 Å². The highest BCUT2D eigenvalue weighted by atomic mass is 32.2. The number of unbranched alkanes of at least 4 members (excludes halogenated alkanes) is 9. The van der Waals surface area contributed by atoms with E-state index in [0.717, 1.165) is 25.7 Å². The fourth-order valence-electron chi connectivity index (χ4n) is 2.59. The van der Waals surface area contributed by atoms with Crippen molar-refractivity contribution in [3.05, 3.63) is 23.3 Å². The van der Waals surface area contributed by atoms with Crippen LogP contribution < -0.4 is 4.74 Å². The monoisotopic (exact) mass is 398 g/mol. The van der Waals surface area contributed by atoms with Crippen LogP contribution in [0.5, 0.6) is 5.75 Å². The third-order valence-corrected chi connectivity index (χ3v) is 4.65. The van der Waals surface area contributed by atoms with E-state index in [1.807, 2.05) is 0 Å². The molecule has 0 aromatic heterocycles. The van der Waals surface area contributed by atoms with Crippen molar-refractivity contribution in [2.75, 3.05) is 6.61 Å². The first-order valence-corrected chi connectivity index (χ1v) is 9.75. The highest BCUT2D eigenvalue weighted by molar-refractivity contribution is 7.94. The molecule has 3 nitrogen and oxygen atoms in total. The van der Waals surface area contributed by atoms with Crippen molar-refractivity contribution in [1.82, 2.24) is 0 Å². The number of hydrogen-bond donors (Lipinski definition) is 1. The first-order valence-electron chi connectivity index (χ1n) is 9.01. The molecule has 0 aliphatic heterocycles. The van der Waals surface area contributed by atoms with Crippen LogP contribution in [-0.4, -0.2) is 11.9 Å². The first-order chi connectivity index (χ1) is 12.5. The Hall–Kier alpha value is -0.990. The summed E-state index contributed by atoms with van der Waals surface area (Å²) in [6.45, 7) is 2.14. The van der Waals surface area contributed by atoms with Gasteiger partial charge in [0, 0.05) is 0 Å². The summed E-state index contributed by atoms with van der Waals surface area (Å²) in [7, 11) is 0. The summed E-state index contributed by atoms with van der Waals surface area (Å²) in [5.74, 6) is -7.70. The summed E-state index contributed by atoms with van der Waals surface area (Å²) in [5, 5.41) is 8.19. The van der Waals surface area contributed by atoms with Crippen LogP contribution in [0.1, 0.15) is 71.1 Å². The lowest BCUT2D eigenvalue weighted by atomic mass is 10.1. The molecule has 1 aromatic carbocycles. The van der Waals surface area contributed by atoms with Crippen molar-refractivity contribution < 1.29 is 31.9 Å². The summed E-state index contributed by atoms with van der Waals surface area (Å²) >= 11 is -0.219. The Morgan fingerprint density at radius 3 is 1.65 bits per heavy atom. The smallest absolute Gasteiger partial charge is 0.205 e. The van der Waals surface area contributed by atoms with Crippen molar-refractivity contribution >= 4 is 12.0 Å². The van der Waals surface area contributed by atoms with Crippen LogP contribution in [0.25, 0.3) is 0 Å².